The van der Waals surface area contributed by atoms with E-state index in [1.54, 1.807) is 35.8 Å². The number of imidazole rings is 1. The van der Waals surface area contributed by atoms with E-state index in [0.29, 0.717) is 11.5 Å². The molecule has 0 saturated heterocycles. The smallest absolute Gasteiger partial charge is 0.175 e. The SMILES string of the molecule is C/C=C/c1nc(C(F)CCF)cn1-c1ccc(S(C)(=O)=O)cc1. The fourth-order valence-electron chi connectivity index (χ4n) is 2.14. The van der Waals surface area contributed by atoms with Crippen molar-refractivity contribution in [3.05, 3.63) is 48.1 Å². The number of hydrogen-bond donors (Lipinski definition) is 0. The van der Waals surface area contributed by atoms with Crippen LogP contribution in [0.25, 0.3) is 11.8 Å². The van der Waals surface area contributed by atoms with Crippen LogP contribution >= 0.6 is 0 Å². The van der Waals surface area contributed by atoms with Crippen molar-refractivity contribution in [2.75, 3.05) is 12.9 Å². The van der Waals surface area contributed by atoms with Gasteiger partial charge in [0.15, 0.2) is 9.84 Å². The number of rotatable bonds is 6. The van der Waals surface area contributed by atoms with Crippen LogP contribution in [0, 0.1) is 0 Å². The molecular weight excluding hydrogens is 322 g/mol. The molecule has 0 radical (unpaired) electrons. The van der Waals surface area contributed by atoms with Crippen molar-refractivity contribution < 1.29 is 17.2 Å². The maximum Gasteiger partial charge on any atom is 0.175 e. The molecule has 1 aromatic carbocycles. The van der Waals surface area contributed by atoms with E-state index in [2.05, 4.69) is 4.98 Å². The number of benzene rings is 1. The normalized spacial score (nSPS) is 13.6. The van der Waals surface area contributed by atoms with E-state index in [9.17, 15) is 17.2 Å². The Morgan fingerprint density at radius 2 is 1.96 bits per heavy atom. The monoisotopic (exact) mass is 340 g/mol. The third-order valence-electron chi connectivity index (χ3n) is 3.29. The van der Waals surface area contributed by atoms with Crippen LogP contribution in [0.3, 0.4) is 0 Å². The summed E-state index contributed by atoms with van der Waals surface area (Å²) in [5.74, 6) is 0.496. The maximum atomic E-state index is 13.9. The zero-order valence-corrected chi connectivity index (χ0v) is 13.7. The van der Waals surface area contributed by atoms with E-state index in [1.807, 2.05) is 0 Å². The molecule has 0 bridgehead atoms. The van der Waals surface area contributed by atoms with Gasteiger partial charge in [-0.3, -0.25) is 8.96 Å². The highest BCUT2D eigenvalue weighted by molar-refractivity contribution is 7.90. The summed E-state index contributed by atoms with van der Waals surface area (Å²) in [6, 6.07) is 6.21. The van der Waals surface area contributed by atoms with Crippen LogP contribution < -0.4 is 0 Å². The number of sulfone groups is 1. The fraction of sp³-hybridized carbons (Fsp3) is 0.312. The molecule has 0 amide bonds. The van der Waals surface area contributed by atoms with Crippen LogP contribution in [-0.4, -0.2) is 30.9 Å². The summed E-state index contributed by atoms with van der Waals surface area (Å²) in [5, 5.41) is 0. The average Bonchev–Trinajstić information content (AvgIpc) is 2.91. The van der Waals surface area contributed by atoms with Crippen molar-refractivity contribution in [1.29, 1.82) is 0 Å². The molecule has 0 aliphatic carbocycles. The van der Waals surface area contributed by atoms with Gasteiger partial charge in [0.25, 0.3) is 0 Å². The molecule has 1 aromatic heterocycles. The van der Waals surface area contributed by atoms with E-state index in [0.717, 1.165) is 6.26 Å². The largest absolute Gasteiger partial charge is 0.300 e. The summed E-state index contributed by atoms with van der Waals surface area (Å²) in [7, 11) is -3.28. The van der Waals surface area contributed by atoms with E-state index < -0.39 is 22.7 Å². The van der Waals surface area contributed by atoms with Crippen molar-refractivity contribution >= 4 is 15.9 Å². The summed E-state index contributed by atoms with van der Waals surface area (Å²) in [5.41, 5.74) is 0.805. The first kappa shape index (κ1) is 17.3. The van der Waals surface area contributed by atoms with Crippen LogP contribution in [-0.2, 0) is 9.84 Å². The van der Waals surface area contributed by atoms with Crippen molar-refractivity contribution in [1.82, 2.24) is 9.55 Å². The Morgan fingerprint density at radius 3 is 2.48 bits per heavy atom. The summed E-state index contributed by atoms with van der Waals surface area (Å²) < 4.78 is 50.8. The first-order valence-corrected chi connectivity index (χ1v) is 8.98. The highest BCUT2D eigenvalue weighted by Gasteiger charge is 2.16. The molecule has 0 N–H and O–H groups in total. The van der Waals surface area contributed by atoms with Gasteiger partial charge in [-0.2, -0.15) is 0 Å². The van der Waals surface area contributed by atoms with Gasteiger partial charge in [0, 0.05) is 24.6 Å². The van der Waals surface area contributed by atoms with Crippen LogP contribution in [0.1, 0.15) is 31.0 Å². The predicted octanol–water partition coefficient (Wildman–Crippen LogP) is 3.68. The highest BCUT2D eigenvalue weighted by Crippen LogP contribution is 2.24. The second-order valence-corrected chi connectivity index (χ2v) is 7.12. The van der Waals surface area contributed by atoms with Gasteiger partial charge < -0.3 is 0 Å². The van der Waals surface area contributed by atoms with Crippen molar-refractivity contribution in [2.24, 2.45) is 0 Å². The van der Waals surface area contributed by atoms with Gasteiger partial charge in [-0.1, -0.05) is 6.08 Å². The van der Waals surface area contributed by atoms with Crippen LogP contribution in [0.15, 0.2) is 41.4 Å². The summed E-state index contributed by atoms with van der Waals surface area (Å²) in [6.45, 7) is 1.05. The lowest BCUT2D eigenvalue weighted by Crippen LogP contribution is -1.99. The Bertz CT molecular complexity index is 796. The van der Waals surface area contributed by atoms with Crippen molar-refractivity contribution in [3.8, 4) is 5.69 Å². The zero-order chi connectivity index (χ0) is 17.0. The van der Waals surface area contributed by atoms with Gasteiger partial charge in [-0.05, 0) is 37.3 Å². The number of halogens is 2. The van der Waals surface area contributed by atoms with E-state index >= 15 is 0 Å². The zero-order valence-electron chi connectivity index (χ0n) is 12.9. The number of aromatic nitrogens is 2. The third kappa shape index (κ3) is 4.04. The molecular formula is C16H18F2N2O2S. The predicted molar refractivity (Wildman–Crippen MR) is 85.8 cm³/mol. The average molecular weight is 340 g/mol. The van der Waals surface area contributed by atoms with Crippen molar-refractivity contribution in [2.45, 2.75) is 24.4 Å². The van der Waals surface area contributed by atoms with Gasteiger partial charge in [-0.15, -0.1) is 0 Å². The minimum atomic E-state index is -3.28. The topological polar surface area (TPSA) is 52.0 Å². The molecule has 124 valence electrons. The van der Waals surface area contributed by atoms with Crippen LogP contribution in [0.4, 0.5) is 8.78 Å². The van der Waals surface area contributed by atoms with E-state index in [-0.39, 0.29) is 17.0 Å². The Kier molecular flexibility index (Phi) is 5.30. The van der Waals surface area contributed by atoms with Crippen LogP contribution in [0.2, 0.25) is 0 Å². The molecule has 2 rings (SSSR count). The molecule has 1 atom stereocenters. The van der Waals surface area contributed by atoms with E-state index in [4.69, 9.17) is 0 Å². The number of allylic oxidation sites excluding steroid dienone is 1. The second kappa shape index (κ2) is 7.04. The first-order valence-electron chi connectivity index (χ1n) is 7.09. The van der Waals surface area contributed by atoms with Gasteiger partial charge in [0.05, 0.1) is 17.3 Å². The van der Waals surface area contributed by atoms with Gasteiger partial charge in [0.1, 0.15) is 12.0 Å². The van der Waals surface area contributed by atoms with Gasteiger partial charge in [-0.25, -0.2) is 17.8 Å². The first-order chi connectivity index (χ1) is 10.9. The Balaban J connectivity index is 2.45. The quantitative estimate of drug-likeness (QED) is 0.806. The van der Waals surface area contributed by atoms with Crippen LogP contribution in [0.5, 0.6) is 0 Å². The molecule has 4 nitrogen and oxygen atoms in total. The molecule has 0 aliphatic rings. The lowest BCUT2D eigenvalue weighted by Gasteiger charge is -2.06. The van der Waals surface area contributed by atoms with Crippen molar-refractivity contribution in [3.63, 3.8) is 0 Å². The molecule has 1 unspecified atom stereocenters. The molecule has 0 saturated carbocycles. The Morgan fingerprint density at radius 1 is 1.30 bits per heavy atom. The molecule has 2 aromatic rings. The number of hydrogen-bond acceptors (Lipinski definition) is 3. The van der Waals surface area contributed by atoms with Gasteiger partial charge >= 0.3 is 0 Å². The Labute approximate surface area is 134 Å². The maximum absolute atomic E-state index is 13.9. The summed E-state index contributed by atoms with van der Waals surface area (Å²) in [6.07, 6.45) is 4.39. The number of alkyl halides is 2. The lowest BCUT2D eigenvalue weighted by atomic mass is 10.2. The molecule has 7 heteroatoms. The fourth-order valence-corrected chi connectivity index (χ4v) is 2.77. The molecule has 0 spiro atoms. The summed E-state index contributed by atoms with van der Waals surface area (Å²) in [4.78, 5) is 4.39. The molecule has 0 fully saturated rings. The third-order valence-corrected chi connectivity index (χ3v) is 4.42. The lowest BCUT2D eigenvalue weighted by molar-refractivity contribution is 0.284. The minimum Gasteiger partial charge on any atom is -0.300 e. The molecule has 1 heterocycles. The molecule has 0 aliphatic heterocycles. The van der Waals surface area contributed by atoms with E-state index in [1.165, 1.54) is 18.3 Å². The summed E-state index contributed by atoms with van der Waals surface area (Å²) >= 11 is 0. The second-order valence-electron chi connectivity index (χ2n) is 5.11. The van der Waals surface area contributed by atoms with Gasteiger partial charge in [0.2, 0.25) is 0 Å². The Hall–Kier alpha value is -2.02. The standard InChI is InChI=1S/C16H18F2N2O2S/c1-3-4-16-19-15(14(18)9-10-17)11-20(16)12-5-7-13(8-6-12)23(2,21)22/h3-8,11,14H,9-10H2,1-2H3/b4-3+. The highest BCUT2D eigenvalue weighted by atomic mass is 32.2. The minimum absolute atomic E-state index is 0.155. The molecule has 23 heavy (non-hydrogen) atoms. The number of nitrogens with zero attached hydrogens (tertiary/aromatic N) is 2.